The van der Waals surface area contributed by atoms with Gasteiger partial charge in [0.2, 0.25) is 0 Å². The summed E-state index contributed by atoms with van der Waals surface area (Å²) in [6.45, 7) is 4.36. The van der Waals surface area contributed by atoms with Crippen molar-refractivity contribution in [3.8, 4) is 0 Å². The fourth-order valence-electron chi connectivity index (χ4n) is 5.67. The quantitative estimate of drug-likeness (QED) is 0.210. The van der Waals surface area contributed by atoms with E-state index in [2.05, 4.69) is 0 Å². The smallest absolute Gasteiger partial charge is 0.303 e. The van der Waals surface area contributed by atoms with Crippen molar-refractivity contribution in [2.45, 2.75) is 102 Å². The highest BCUT2D eigenvalue weighted by Crippen LogP contribution is 2.35. The number of rotatable bonds is 15. The van der Waals surface area contributed by atoms with Gasteiger partial charge in [0.25, 0.3) is 0 Å². The molecule has 2 saturated heterocycles. The average molecular weight is 705 g/mol. The Balaban J connectivity index is 1.70. The molecule has 2 aromatic carbocycles. The first-order valence-corrected chi connectivity index (χ1v) is 16.1. The maximum absolute atomic E-state index is 12.4. The van der Waals surface area contributed by atoms with E-state index in [0.717, 1.165) is 31.9 Å². The highest BCUT2D eigenvalue weighted by atomic mass is 16.8. The molecule has 50 heavy (non-hydrogen) atoms. The predicted octanol–water partition coefficient (Wildman–Crippen LogP) is 1.99. The van der Waals surface area contributed by atoms with Crippen LogP contribution in [0.5, 0.6) is 0 Å². The molecule has 0 aromatic heterocycles. The molecule has 2 aliphatic rings. The predicted molar refractivity (Wildman–Crippen MR) is 170 cm³/mol. The van der Waals surface area contributed by atoms with Crippen LogP contribution in [0.15, 0.2) is 60.7 Å². The summed E-state index contributed by atoms with van der Waals surface area (Å²) in [6.07, 6.45) is -13.2. The molecule has 10 atom stereocenters. The van der Waals surface area contributed by atoms with Crippen molar-refractivity contribution in [3.63, 3.8) is 0 Å². The van der Waals surface area contributed by atoms with Gasteiger partial charge in [-0.05, 0) is 11.1 Å². The summed E-state index contributed by atoms with van der Waals surface area (Å²) in [5.74, 6) is -3.06. The van der Waals surface area contributed by atoms with Gasteiger partial charge in [-0.15, -0.1) is 0 Å². The van der Waals surface area contributed by atoms with Crippen LogP contribution in [0.1, 0.15) is 38.8 Å². The molecule has 0 spiro atoms. The van der Waals surface area contributed by atoms with Crippen LogP contribution in [-0.2, 0) is 79.8 Å². The Hall–Kier alpha value is -3.96. The van der Waals surface area contributed by atoms with E-state index in [-0.39, 0.29) is 19.8 Å². The number of carbonyl (C=O) groups excluding carboxylic acids is 4. The summed E-state index contributed by atoms with van der Waals surface area (Å²) in [5, 5.41) is 11.6. The number of hydrogen-bond acceptors (Lipinski definition) is 15. The normalized spacial score (nSPS) is 29.4. The standard InChI is InChI=1S/C35H44O15/c1-20(36)43-19-27-30(45-21(2)37)32(46-22(3)38)33(47-23(4)39)35(49-27)50-31-28(40)34(41-5)48-26(18-42-16-24-12-8-6-9-13-24)29(31)44-17-25-14-10-7-11-15-25/h6-15,26-35,40H,16-19H2,1-5H3/t26-,27-,28+,29-,30-,31-,32+,33+,34+,35-/m1/s1. The number of carbonyl (C=O) groups is 4. The molecule has 15 nitrogen and oxygen atoms in total. The average Bonchev–Trinajstić information content (AvgIpc) is 3.07. The highest BCUT2D eigenvalue weighted by Gasteiger charge is 2.56. The fraction of sp³-hybridized carbons (Fsp3) is 0.543. The van der Waals surface area contributed by atoms with Crippen LogP contribution < -0.4 is 0 Å². The second kappa shape index (κ2) is 18.9. The van der Waals surface area contributed by atoms with Crippen LogP contribution >= 0.6 is 0 Å². The van der Waals surface area contributed by atoms with Crippen LogP contribution in [0.2, 0.25) is 0 Å². The molecule has 274 valence electrons. The Bertz CT molecular complexity index is 1390. The van der Waals surface area contributed by atoms with Crippen LogP contribution in [0.4, 0.5) is 0 Å². The zero-order valence-electron chi connectivity index (χ0n) is 28.5. The van der Waals surface area contributed by atoms with Gasteiger partial charge in [-0.25, -0.2) is 0 Å². The maximum atomic E-state index is 12.4. The van der Waals surface area contributed by atoms with Crippen molar-refractivity contribution in [2.75, 3.05) is 20.3 Å². The highest BCUT2D eigenvalue weighted by molar-refractivity contribution is 5.68. The van der Waals surface area contributed by atoms with E-state index in [9.17, 15) is 24.3 Å². The molecule has 4 rings (SSSR count). The number of aliphatic hydroxyl groups is 1. The minimum Gasteiger partial charge on any atom is -0.463 e. The summed E-state index contributed by atoms with van der Waals surface area (Å²) >= 11 is 0. The minimum atomic E-state index is -1.60. The largest absolute Gasteiger partial charge is 0.463 e. The third kappa shape index (κ3) is 11.0. The fourth-order valence-corrected chi connectivity index (χ4v) is 5.67. The zero-order valence-corrected chi connectivity index (χ0v) is 28.5. The molecule has 0 aliphatic carbocycles. The van der Waals surface area contributed by atoms with Gasteiger partial charge in [0.05, 0.1) is 19.8 Å². The molecule has 1 N–H and O–H groups in total. The van der Waals surface area contributed by atoms with E-state index in [4.69, 9.17) is 47.4 Å². The second-order valence-corrected chi connectivity index (χ2v) is 11.7. The molecular formula is C35H44O15. The number of hydrogen-bond donors (Lipinski definition) is 1. The first kappa shape index (κ1) is 38.8. The van der Waals surface area contributed by atoms with Crippen LogP contribution in [-0.4, -0.2) is 111 Å². The summed E-state index contributed by atoms with van der Waals surface area (Å²) in [4.78, 5) is 48.7. The number of ether oxygens (including phenoxy) is 10. The van der Waals surface area contributed by atoms with Gasteiger partial charge in [0, 0.05) is 34.8 Å². The van der Waals surface area contributed by atoms with E-state index < -0.39 is 91.9 Å². The second-order valence-electron chi connectivity index (χ2n) is 11.7. The maximum Gasteiger partial charge on any atom is 0.303 e. The first-order valence-electron chi connectivity index (χ1n) is 16.1. The molecule has 2 fully saturated rings. The van der Waals surface area contributed by atoms with Crippen molar-refractivity contribution in [2.24, 2.45) is 0 Å². The molecule has 2 aromatic rings. The van der Waals surface area contributed by atoms with E-state index >= 15 is 0 Å². The lowest BCUT2D eigenvalue weighted by atomic mass is 9.96. The van der Waals surface area contributed by atoms with Crippen molar-refractivity contribution < 1.29 is 71.7 Å². The van der Waals surface area contributed by atoms with Gasteiger partial charge in [0.1, 0.15) is 37.1 Å². The van der Waals surface area contributed by atoms with Gasteiger partial charge in [-0.3, -0.25) is 19.2 Å². The van der Waals surface area contributed by atoms with Gasteiger partial charge in [-0.1, -0.05) is 60.7 Å². The Labute approximate surface area is 289 Å². The summed E-state index contributed by atoms with van der Waals surface area (Å²) < 4.78 is 58.2. The molecule has 0 bridgehead atoms. The number of methoxy groups -OCH3 is 1. The van der Waals surface area contributed by atoms with Gasteiger partial charge in [0.15, 0.2) is 30.9 Å². The lowest BCUT2D eigenvalue weighted by Crippen LogP contribution is -2.66. The lowest BCUT2D eigenvalue weighted by molar-refractivity contribution is -0.363. The van der Waals surface area contributed by atoms with Crippen molar-refractivity contribution >= 4 is 23.9 Å². The third-order valence-corrected chi connectivity index (χ3v) is 7.77. The Morgan fingerprint density at radius 1 is 0.620 bits per heavy atom. The third-order valence-electron chi connectivity index (χ3n) is 7.77. The molecule has 0 unspecified atom stereocenters. The zero-order chi connectivity index (χ0) is 36.2. The molecule has 0 radical (unpaired) electrons. The van der Waals surface area contributed by atoms with E-state index in [1.165, 1.54) is 14.0 Å². The summed E-state index contributed by atoms with van der Waals surface area (Å²) in [6, 6.07) is 18.7. The van der Waals surface area contributed by atoms with Gasteiger partial charge >= 0.3 is 23.9 Å². The minimum absolute atomic E-state index is 0.0145. The van der Waals surface area contributed by atoms with E-state index in [0.29, 0.717) is 0 Å². The van der Waals surface area contributed by atoms with Crippen LogP contribution in [0.25, 0.3) is 0 Å². The number of benzene rings is 2. The lowest BCUT2D eigenvalue weighted by Gasteiger charge is -2.48. The Morgan fingerprint density at radius 3 is 1.70 bits per heavy atom. The molecule has 2 heterocycles. The topological polar surface area (TPSA) is 181 Å². The van der Waals surface area contributed by atoms with Crippen LogP contribution in [0.3, 0.4) is 0 Å². The number of esters is 4. The molecule has 0 amide bonds. The van der Waals surface area contributed by atoms with Crippen LogP contribution in [0, 0.1) is 0 Å². The van der Waals surface area contributed by atoms with E-state index in [1.54, 1.807) is 0 Å². The SMILES string of the molecule is CO[C@H]1O[C@H](COCc2ccccc2)[C@@H](OCc2ccccc2)[C@H](O[C@H]2O[C@H](COC(C)=O)[C@@H](OC(C)=O)[C@H](OC(C)=O)[C@@H]2OC(C)=O)[C@@H]1O. The molecule has 0 saturated carbocycles. The summed E-state index contributed by atoms with van der Waals surface area (Å²) in [7, 11) is 1.34. The monoisotopic (exact) mass is 704 g/mol. The molecule has 15 heteroatoms. The number of aliphatic hydroxyl groups excluding tert-OH is 1. The Kier molecular flexibility index (Phi) is 14.7. The van der Waals surface area contributed by atoms with Gasteiger partial charge in [-0.2, -0.15) is 0 Å². The molecular weight excluding hydrogens is 660 g/mol. The molecule has 2 aliphatic heterocycles. The van der Waals surface area contributed by atoms with Gasteiger partial charge < -0.3 is 52.5 Å². The van der Waals surface area contributed by atoms with Crippen molar-refractivity contribution in [1.82, 2.24) is 0 Å². The van der Waals surface area contributed by atoms with Crippen molar-refractivity contribution in [3.05, 3.63) is 71.8 Å². The summed E-state index contributed by atoms with van der Waals surface area (Å²) in [5.41, 5.74) is 1.73. The first-order chi connectivity index (χ1) is 24.0. The Morgan fingerprint density at radius 2 is 1.14 bits per heavy atom. The van der Waals surface area contributed by atoms with E-state index in [1.807, 2.05) is 60.7 Å². The van der Waals surface area contributed by atoms with Crippen molar-refractivity contribution in [1.29, 1.82) is 0 Å².